The van der Waals surface area contributed by atoms with Crippen LogP contribution < -0.4 is 9.64 Å². The zero-order valence-electron chi connectivity index (χ0n) is 16.4. The SMILES string of the molecule is COc1ccccc1/C(C)=C/C(=O)N(C)C1CCCN(c2ccccc2)C1. The number of nitrogens with zero attached hydrogens (tertiary/aromatic N) is 2. The molecule has 0 radical (unpaired) electrons. The molecule has 0 spiro atoms. The van der Waals surface area contributed by atoms with Crippen LogP contribution in [-0.2, 0) is 4.79 Å². The summed E-state index contributed by atoms with van der Waals surface area (Å²) in [7, 11) is 3.56. The molecular formula is C23H28N2O2. The average Bonchev–Trinajstić information content (AvgIpc) is 2.73. The molecule has 1 saturated heterocycles. The van der Waals surface area contributed by atoms with Gasteiger partial charge in [-0.2, -0.15) is 0 Å². The minimum atomic E-state index is 0.0401. The predicted molar refractivity (Wildman–Crippen MR) is 111 cm³/mol. The van der Waals surface area contributed by atoms with Gasteiger partial charge in [-0.3, -0.25) is 4.79 Å². The number of hydrogen-bond acceptors (Lipinski definition) is 3. The van der Waals surface area contributed by atoms with Crippen molar-refractivity contribution in [2.75, 3.05) is 32.1 Å². The third-order valence-electron chi connectivity index (χ3n) is 5.29. The van der Waals surface area contributed by atoms with Gasteiger partial charge in [0.1, 0.15) is 5.75 Å². The van der Waals surface area contributed by atoms with Gasteiger partial charge in [0, 0.05) is 43.5 Å². The second-order valence-corrected chi connectivity index (χ2v) is 7.05. The van der Waals surface area contributed by atoms with E-state index in [1.54, 1.807) is 13.2 Å². The van der Waals surface area contributed by atoms with Crippen LogP contribution in [0.25, 0.3) is 5.57 Å². The molecule has 1 unspecified atom stereocenters. The van der Waals surface area contributed by atoms with Crippen LogP contribution in [0.5, 0.6) is 5.75 Å². The molecular weight excluding hydrogens is 336 g/mol. The van der Waals surface area contributed by atoms with E-state index in [9.17, 15) is 4.79 Å². The van der Waals surface area contributed by atoms with Gasteiger partial charge >= 0.3 is 0 Å². The molecule has 0 aromatic heterocycles. The number of carbonyl (C=O) groups is 1. The fourth-order valence-corrected chi connectivity index (χ4v) is 3.66. The Morgan fingerprint density at radius 3 is 2.59 bits per heavy atom. The highest BCUT2D eigenvalue weighted by molar-refractivity contribution is 5.95. The quantitative estimate of drug-likeness (QED) is 0.745. The summed E-state index contributed by atoms with van der Waals surface area (Å²) >= 11 is 0. The van der Waals surface area contributed by atoms with Crippen LogP contribution in [0.1, 0.15) is 25.3 Å². The van der Waals surface area contributed by atoms with Crippen LogP contribution in [0.4, 0.5) is 5.69 Å². The molecule has 3 rings (SSSR count). The van der Waals surface area contributed by atoms with E-state index in [1.807, 2.05) is 49.2 Å². The Bertz CT molecular complexity index is 801. The predicted octanol–water partition coefficient (Wildman–Crippen LogP) is 4.23. The Morgan fingerprint density at radius 1 is 1.15 bits per heavy atom. The molecule has 27 heavy (non-hydrogen) atoms. The van der Waals surface area contributed by atoms with E-state index in [0.717, 1.165) is 42.8 Å². The Balaban J connectivity index is 1.71. The number of para-hydroxylation sites is 2. The number of piperidine rings is 1. The molecule has 0 aliphatic carbocycles. The molecule has 142 valence electrons. The van der Waals surface area contributed by atoms with E-state index in [1.165, 1.54) is 5.69 Å². The van der Waals surface area contributed by atoms with Crippen molar-refractivity contribution in [2.24, 2.45) is 0 Å². The lowest BCUT2D eigenvalue weighted by atomic mass is 10.0. The number of rotatable bonds is 5. The number of hydrogen-bond donors (Lipinski definition) is 0. The summed E-state index contributed by atoms with van der Waals surface area (Å²) in [5.74, 6) is 0.827. The Morgan fingerprint density at radius 2 is 1.85 bits per heavy atom. The first-order valence-electron chi connectivity index (χ1n) is 9.48. The molecule has 1 heterocycles. The zero-order valence-corrected chi connectivity index (χ0v) is 16.4. The van der Waals surface area contributed by atoms with Gasteiger partial charge in [0.2, 0.25) is 5.91 Å². The highest BCUT2D eigenvalue weighted by Crippen LogP contribution is 2.26. The topological polar surface area (TPSA) is 32.8 Å². The van der Waals surface area contributed by atoms with Crippen molar-refractivity contribution in [2.45, 2.75) is 25.8 Å². The maximum atomic E-state index is 12.9. The van der Waals surface area contributed by atoms with Gasteiger partial charge in [-0.25, -0.2) is 0 Å². The van der Waals surface area contributed by atoms with Crippen molar-refractivity contribution in [3.05, 3.63) is 66.2 Å². The summed E-state index contributed by atoms with van der Waals surface area (Å²) < 4.78 is 5.42. The number of methoxy groups -OCH3 is 1. The van der Waals surface area contributed by atoms with Crippen LogP contribution in [0.3, 0.4) is 0 Å². The largest absolute Gasteiger partial charge is 0.496 e. The molecule has 1 aliphatic rings. The van der Waals surface area contributed by atoms with Crippen molar-refractivity contribution in [3.8, 4) is 5.75 Å². The molecule has 2 aromatic carbocycles. The molecule has 1 fully saturated rings. The lowest BCUT2D eigenvalue weighted by molar-refractivity contribution is -0.126. The summed E-state index contributed by atoms with van der Waals surface area (Å²) in [6.45, 7) is 3.87. The van der Waals surface area contributed by atoms with Gasteiger partial charge in [0.25, 0.3) is 0 Å². The molecule has 1 atom stereocenters. The van der Waals surface area contributed by atoms with E-state index < -0.39 is 0 Å². The molecule has 4 heteroatoms. The summed E-state index contributed by atoms with van der Waals surface area (Å²) in [4.78, 5) is 17.1. The molecule has 0 saturated carbocycles. The average molecular weight is 364 g/mol. The number of anilines is 1. The minimum absolute atomic E-state index is 0.0401. The number of amides is 1. The monoisotopic (exact) mass is 364 g/mol. The highest BCUT2D eigenvalue weighted by atomic mass is 16.5. The molecule has 2 aromatic rings. The first kappa shape index (κ1) is 19.0. The van der Waals surface area contributed by atoms with E-state index in [2.05, 4.69) is 29.2 Å². The maximum Gasteiger partial charge on any atom is 0.246 e. The number of likely N-dealkylation sites (N-methyl/N-ethyl adjacent to an activating group) is 1. The van der Waals surface area contributed by atoms with E-state index in [-0.39, 0.29) is 11.9 Å². The second kappa shape index (κ2) is 8.76. The van der Waals surface area contributed by atoms with Crippen LogP contribution in [0, 0.1) is 0 Å². The van der Waals surface area contributed by atoms with Crippen molar-refractivity contribution in [1.29, 1.82) is 0 Å². The van der Waals surface area contributed by atoms with E-state index in [4.69, 9.17) is 4.74 Å². The van der Waals surface area contributed by atoms with Gasteiger partial charge in [-0.15, -0.1) is 0 Å². The first-order valence-corrected chi connectivity index (χ1v) is 9.48. The zero-order chi connectivity index (χ0) is 19.2. The molecule has 4 nitrogen and oxygen atoms in total. The lowest BCUT2D eigenvalue weighted by Crippen LogP contribution is -2.48. The maximum absolute atomic E-state index is 12.9. The van der Waals surface area contributed by atoms with Gasteiger partial charge in [0.05, 0.1) is 7.11 Å². The summed E-state index contributed by atoms with van der Waals surface area (Å²) in [6, 6.07) is 18.4. The van der Waals surface area contributed by atoms with Crippen molar-refractivity contribution < 1.29 is 9.53 Å². The van der Waals surface area contributed by atoms with Gasteiger partial charge in [-0.05, 0) is 43.5 Å². The van der Waals surface area contributed by atoms with E-state index >= 15 is 0 Å². The Kier molecular flexibility index (Phi) is 6.17. The lowest BCUT2D eigenvalue weighted by Gasteiger charge is -2.38. The number of carbonyl (C=O) groups excluding carboxylic acids is 1. The summed E-state index contributed by atoms with van der Waals surface area (Å²) in [6.07, 6.45) is 3.85. The second-order valence-electron chi connectivity index (χ2n) is 7.05. The first-order chi connectivity index (χ1) is 13.1. The molecule has 1 amide bonds. The minimum Gasteiger partial charge on any atom is -0.496 e. The molecule has 1 aliphatic heterocycles. The van der Waals surface area contributed by atoms with Crippen LogP contribution >= 0.6 is 0 Å². The highest BCUT2D eigenvalue weighted by Gasteiger charge is 2.25. The van der Waals surface area contributed by atoms with Gasteiger partial charge in [-0.1, -0.05) is 36.4 Å². The number of ether oxygens (including phenoxy) is 1. The molecule has 0 N–H and O–H groups in total. The Labute approximate surface area is 162 Å². The fraction of sp³-hybridized carbons (Fsp3) is 0.348. The number of benzene rings is 2. The van der Waals surface area contributed by atoms with Gasteiger partial charge < -0.3 is 14.5 Å². The van der Waals surface area contributed by atoms with E-state index in [0.29, 0.717) is 0 Å². The summed E-state index contributed by atoms with van der Waals surface area (Å²) in [5.41, 5.74) is 3.10. The number of allylic oxidation sites excluding steroid dienone is 1. The van der Waals surface area contributed by atoms with Crippen LogP contribution in [0.15, 0.2) is 60.7 Å². The smallest absolute Gasteiger partial charge is 0.246 e. The fourth-order valence-electron chi connectivity index (χ4n) is 3.66. The normalized spacial score (nSPS) is 17.5. The van der Waals surface area contributed by atoms with Gasteiger partial charge in [0.15, 0.2) is 0 Å². The van der Waals surface area contributed by atoms with Crippen molar-refractivity contribution in [3.63, 3.8) is 0 Å². The van der Waals surface area contributed by atoms with Crippen molar-refractivity contribution in [1.82, 2.24) is 4.90 Å². The van der Waals surface area contributed by atoms with Crippen molar-refractivity contribution >= 4 is 17.2 Å². The van der Waals surface area contributed by atoms with Crippen LogP contribution in [0.2, 0.25) is 0 Å². The standard InChI is InChI=1S/C23H28N2O2/c1-18(21-13-7-8-14-22(21)27-3)16-23(26)24(2)20-12-9-15-25(17-20)19-10-5-4-6-11-19/h4-8,10-11,13-14,16,20H,9,12,15,17H2,1-3H3/b18-16+. The Hall–Kier alpha value is -2.75. The summed E-state index contributed by atoms with van der Waals surface area (Å²) in [5, 5.41) is 0. The van der Waals surface area contributed by atoms with Crippen LogP contribution in [-0.4, -0.2) is 44.1 Å². The molecule has 0 bridgehead atoms. The third-order valence-corrected chi connectivity index (χ3v) is 5.29. The third kappa shape index (κ3) is 4.51.